The van der Waals surface area contributed by atoms with Crippen molar-refractivity contribution < 1.29 is 57.7 Å². The van der Waals surface area contributed by atoms with E-state index in [1.54, 1.807) is 41.5 Å². The minimum Gasteiger partial charge on any atom is -0.477 e. The van der Waals surface area contributed by atoms with E-state index in [0.717, 1.165) is 16.7 Å². The number of carboxylic acid groups (broad SMARTS) is 1. The average molecular weight is 699 g/mol. The first-order chi connectivity index (χ1) is 21.8. The lowest BCUT2D eigenvalue weighted by molar-refractivity contribution is -0.160. The summed E-state index contributed by atoms with van der Waals surface area (Å²) in [6.07, 6.45) is -1.32. The molecule has 0 saturated carbocycles. The van der Waals surface area contributed by atoms with Crippen LogP contribution in [-0.2, 0) is 47.8 Å². The van der Waals surface area contributed by atoms with Crippen molar-refractivity contribution in [3.05, 3.63) is 17.1 Å². The number of β-lactam (4-membered cyclic amide) rings is 1. The molecule has 0 unspecified atom stereocenters. The van der Waals surface area contributed by atoms with E-state index >= 15 is 0 Å². The molecule has 256 valence electrons. The maximum atomic E-state index is 13.4. The Hall–Kier alpha value is -4.59. The van der Waals surface area contributed by atoms with Crippen molar-refractivity contribution in [2.75, 3.05) is 24.3 Å². The van der Waals surface area contributed by atoms with Gasteiger partial charge in [0.05, 0.1) is 0 Å². The maximum absolute atomic E-state index is 13.4. The number of fused-ring (bicyclic) bond motifs is 1. The highest BCUT2D eigenvalue weighted by molar-refractivity contribution is 8.00. The molecule has 3 N–H and O–H groups in total. The molecular formula is C27H34N6O12S2. The number of oxime groups is 1. The van der Waals surface area contributed by atoms with Gasteiger partial charge in [0.1, 0.15) is 47.1 Å². The third-order valence-corrected chi connectivity index (χ3v) is 7.53. The van der Waals surface area contributed by atoms with Crippen molar-refractivity contribution in [2.24, 2.45) is 5.16 Å². The van der Waals surface area contributed by atoms with Crippen molar-refractivity contribution >= 4 is 75.7 Å². The second kappa shape index (κ2) is 14.9. The van der Waals surface area contributed by atoms with Gasteiger partial charge < -0.3 is 29.5 Å². The molecule has 0 aliphatic carbocycles. The molecule has 1 aromatic heterocycles. The van der Waals surface area contributed by atoms with Gasteiger partial charge in [-0.3, -0.25) is 29.4 Å². The first-order valence-electron chi connectivity index (χ1n) is 13.9. The zero-order valence-corrected chi connectivity index (χ0v) is 28.2. The number of carbonyl (C=O) groups excluding carboxylic acids is 6. The molecule has 1 aromatic rings. The Balaban J connectivity index is 1.79. The summed E-state index contributed by atoms with van der Waals surface area (Å²) in [5.74, 6) is -5.63. The number of anilines is 1. The van der Waals surface area contributed by atoms with Gasteiger partial charge in [0, 0.05) is 22.9 Å². The Morgan fingerprint density at radius 3 is 2.30 bits per heavy atom. The zero-order valence-electron chi connectivity index (χ0n) is 26.5. The van der Waals surface area contributed by atoms with Crippen LogP contribution in [0.4, 0.5) is 9.93 Å². The molecule has 1 fully saturated rings. The summed E-state index contributed by atoms with van der Waals surface area (Å²) in [6, 6.07) is -1.22. The first-order valence-corrected chi connectivity index (χ1v) is 15.7. The van der Waals surface area contributed by atoms with E-state index in [9.17, 15) is 38.7 Å². The summed E-state index contributed by atoms with van der Waals surface area (Å²) in [5, 5.41) is 17.5. The molecular weight excluding hydrogens is 664 g/mol. The molecule has 1 saturated heterocycles. The van der Waals surface area contributed by atoms with Gasteiger partial charge in [0.25, 0.3) is 11.8 Å². The standard InChI is InChI=1S/C27H34N6O12S2/c1-12(34)8-14(35)42-9-13-11-46-22-17(21(38)33(22)18(13)23(39)40)28-20(37)16(31-43-10-15(36)44-26(2,3)4)19-29-24(47-32-19)30-25(41)45-27(5,6)7/h17,22H,8-11H2,1-7H3,(H,28,37)(H,39,40)(H,29,30,32,41)/t17-,22+/m1/s1. The highest BCUT2D eigenvalue weighted by Gasteiger charge is 2.54. The topological polar surface area (TPSA) is 242 Å². The number of Topliss-reactive ketones (excluding diaryl/α,β-unsaturated/α-hetero) is 1. The van der Waals surface area contributed by atoms with Crippen molar-refractivity contribution in [1.82, 2.24) is 19.6 Å². The number of thioether (sulfide) groups is 1. The average Bonchev–Trinajstić information content (AvgIpc) is 3.37. The Morgan fingerprint density at radius 1 is 1.04 bits per heavy atom. The molecule has 2 aliphatic heterocycles. The molecule has 0 aromatic carbocycles. The highest BCUT2D eigenvalue weighted by atomic mass is 32.2. The van der Waals surface area contributed by atoms with Crippen molar-refractivity contribution in [3.63, 3.8) is 0 Å². The van der Waals surface area contributed by atoms with Crippen LogP contribution in [0.5, 0.6) is 0 Å². The van der Waals surface area contributed by atoms with E-state index < -0.39 is 95.3 Å². The lowest BCUT2D eigenvalue weighted by atomic mass is 10.0. The van der Waals surface area contributed by atoms with Gasteiger partial charge in [-0.2, -0.15) is 9.36 Å². The monoisotopic (exact) mass is 698 g/mol. The predicted octanol–water partition coefficient (Wildman–Crippen LogP) is 1.21. The van der Waals surface area contributed by atoms with E-state index in [4.69, 9.17) is 19.0 Å². The van der Waals surface area contributed by atoms with Crippen LogP contribution in [0.25, 0.3) is 0 Å². The van der Waals surface area contributed by atoms with Crippen LogP contribution < -0.4 is 10.6 Å². The fourth-order valence-corrected chi connectivity index (χ4v) is 5.78. The van der Waals surface area contributed by atoms with Crippen molar-refractivity contribution in [2.45, 2.75) is 77.5 Å². The number of ketones is 1. The van der Waals surface area contributed by atoms with Crippen LogP contribution in [0.3, 0.4) is 0 Å². The molecule has 0 spiro atoms. The second-order valence-electron chi connectivity index (χ2n) is 12.0. The van der Waals surface area contributed by atoms with Gasteiger partial charge in [0.15, 0.2) is 0 Å². The van der Waals surface area contributed by atoms with E-state index in [-0.39, 0.29) is 22.3 Å². The maximum Gasteiger partial charge on any atom is 0.414 e. The molecule has 2 aliphatic rings. The van der Waals surface area contributed by atoms with E-state index in [2.05, 4.69) is 25.1 Å². The van der Waals surface area contributed by atoms with Crippen LogP contribution in [0.2, 0.25) is 0 Å². The van der Waals surface area contributed by atoms with Gasteiger partial charge in [-0.15, -0.1) is 11.8 Å². The first kappa shape index (κ1) is 36.9. The Bertz CT molecular complexity index is 1520. The largest absolute Gasteiger partial charge is 0.477 e. The predicted molar refractivity (Wildman–Crippen MR) is 164 cm³/mol. The molecule has 3 amide bonds. The molecule has 3 rings (SSSR count). The second-order valence-corrected chi connectivity index (χ2v) is 13.9. The van der Waals surface area contributed by atoms with E-state index in [1.807, 2.05) is 0 Å². The SMILES string of the molecule is CC(=O)CC(=O)OCC1=C(C(=O)O)N2C(=O)[C@@H](NC(=O)C(=NOCC(=O)OC(C)(C)C)c3nsc(NC(=O)OC(C)(C)C)n3)[C@@H]2SC1. The van der Waals surface area contributed by atoms with Gasteiger partial charge in [-0.05, 0) is 48.5 Å². The molecule has 0 radical (unpaired) electrons. The number of hydrogen-bond acceptors (Lipinski definition) is 16. The van der Waals surface area contributed by atoms with Crippen LogP contribution >= 0.6 is 23.3 Å². The lowest BCUT2D eigenvalue weighted by Gasteiger charge is -2.49. The minimum atomic E-state index is -1.46. The molecule has 3 heterocycles. The molecule has 0 bridgehead atoms. The minimum absolute atomic E-state index is 0.0308. The van der Waals surface area contributed by atoms with E-state index in [1.165, 1.54) is 6.92 Å². The summed E-state index contributed by atoms with van der Waals surface area (Å²) in [6.45, 7) is 9.95. The molecule has 47 heavy (non-hydrogen) atoms. The number of nitrogens with one attached hydrogen (secondary N) is 2. The number of aromatic nitrogens is 2. The lowest BCUT2D eigenvalue weighted by Crippen LogP contribution is -2.71. The smallest absolute Gasteiger partial charge is 0.414 e. The van der Waals surface area contributed by atoms with Gasteiger partial charge >= 0.3 is 24.0 Å². The fourth-order valence-electron chi connectivity index (χ4n) is 3.89. The molecule has 18 nitrogen and oxygen atoms in total. The summed E-state index contributed by atoms with van der Waals surface area (Å²) >= 11 is 1.78. The number of hydrogen-bond donors (Lipinski definition) is 3. The van der Waals surface area contributed by atoms with Gasteiger partial charge in [-0.1, -0.05) is 5.16 Å². The quantitative estimate of drug-likeness (QED) is 0.0694. The fraction of sp³-hybridized carbons (Fsp3) is 0.556. The number of esters is 2. The number of carbonyl (C=O) groups is 7. The number of carboxylic acids is 1. The summed E-state index contributed by atoms with van der Waals surface area (Å²) in [4.78, 5) is 95.9. The summed E-state index contributed by atoms with van der Waals surface area (Å²) in [5.41, 5.74) is -2.48. The number of ether oxygens (including phenoxy) is 3. The molecule has 2 atom stereocenters. The third kappa shape index (κ3) is 10.5. The van der Waals surface area contributed by atoms with Crippen LogP contribution in [-0.4, -0.2) is 108 Å². The Kier molecular flexibility index (Phi) is 11.7. The normalized spacial score (nSPS) is 18.0. The van der Waals surface area contributed by atoms with Gasteiger partial charge in [-0.25, -0.2) is 14.4 Å². The van der Waals surface area contributed by atoms with Crippen LogP contribution in [0, 0.1) is 0 Å². The zero-order chi connectivity index (χ0) is 35.3. The summed E-state index contributed by atoms with van der Waals surface area (Å²) < 4.78 is 19.4. The number of amides is 3. The van der Waals surface area contributed by atoms with Crippen molar-refractivity contribution in [1.29, 1.82) is 0 Å². The number of aliphatic carboxylic acids is 1. The third-order valence-electron chi connectivity index (χ3n) is 5.56. The summed E-state index contributed by atoms with van der Waals surface area (Å²) in [7, 11) is 0. The van der Waals surface area contributed by atoms with E-state index in [0.29, 0.717) is 11.5 Å². The number of nitrogens with zero attached hydrogens (tertiary/aromatic N) is 4. The van der Waals surface area contributed by atoms with Crippen molar-refractivity contribution in [3.8, 4) is 0 Å². The Labute approximate surface area is 276 Å². The van der Waals surface area contributed by atoms with Gasteiger partial charge in [0.2, 0.25) is 23.3 Å². The van der Waals surface area contributed by atoms with Crippen LogP contribution in [0.15, 0.2) is 16.4 Å². The highest BCUT2D eigenvalue weighted by Crippen LogP contribution is 2.40. The molecule has 20 heteroatoms. The van der Waals surface area contributed by atoms with Crippen LogP contribution in [0.1, 0.15) is 60.7 Å². The Morgan fingerprint density at radius 2 is 1.70 bits per heavy atom. The number of rotatable bonds is 12.